The van der Waals surface area contributed by atoms with Crippen LogP contribution in [-0.4, -0.2) is 22.4 Å². The Morgan fingerprint density at radius 1 is 0.962 bits per heavy atom. The van der Waals surface area contributed by atoms with Crippen LogP contribution < -0.4 is 10.6 Å². The number of benzene rings is 2. The van der Waals surface area contributed by atoms with Crippen molar-refractivity contribution in [2.24, 2.45) is 0 Å². The summed E-state index contributed by atoms with van der Waals surface area (Å²) in [5.74, 6) is 0.249. The Bertz CT molecular complexity index is 886. The molecule has 0 atom stereocenters. The first kappa shape index (κ1) is 18.2. The van der Waals surface area contributed by atoms with E-state index in [1.54, 1.807) is 18.2 Å². The average Bonchev–Trinajstić information content (AvgIpc) is 2.66. The van der Waals surface area contributed by atoms with E-state index in [1.165, 1.54) is 18.0 Å². The van der Waals surface area contributed by atoms with Gasteiger partial charge >= 0.3 is 0 Å². The lowest BCUT2D eigenvalue weighted by molar-refractivity contribution is 0.102. The summed E-state index contributed by atoms with van der Waals surface area (Å²) in [6, 6.07) is 15.0. The number of hydrogen-bond donors (Lipinski definition) is 2. The van der Waals surface area contributed by atoms with Crippen molar-refractivity contribution >= 4 is 40.6 Å². The fourth-order valence-electron chi connectivity index (χ4n) is 2.29. The Labute approximate surface area is 161 Å². The fraction of sp³-hybridized carbons (Fsp3) is 0.105. The van der Waals surface area contributed by atoms with Crippen LogP contribution in [0.25, 0.3) is 0 Å². The van der Waals surface area contributed by atoms with Gasteiger partial charge in [-0.3, -0.25) is 4.79 Å². The molecule has 0 radical (unpaired) electrons. The molecule has 132 valence electrons. The van der Waals surface area contributed by atoms with Crippen LogP contribution in [0, 0.1) is 0 Å². The number of halogens is 2. The van der Waals surface area contributed by atoms with Gasteiger partial charge in [0.25, 0.3) is 5.91 Å². The molecule has 0 bridgehead atoms. The molecule has 3 rings (SSSR count). The van der Waals surface area contributed by atoms with E-state index in [0.717, 1.165) is 13.0 Å². The van der Waals surface area contributed by atoms with Crippen LogP contribution in [-0.2, 0) is 6.42 Å². The van der Waals surface area contributed by atoms with Gasteiger partial charge in [-0.25, -0.2) is 9.97 Å². The van der Waals surface area contributed by atoms with Crippen LogP contribution in [0.3, 0.4) is 0 Å². The Morgan fingerprint density at radius 3 is 2.46 bits per heavy atom. The zero-order chi connectivity index (χ0) is 18.4. The minimum absolute atomic E-state index is 0.213. The first-order valence-corrected chi connectivity index (χ1v) is 8.73. The van der Waals surface area contributed by atoms with Crippen LogP contribution >= 0.6 is 23.2 Å². The van der Waals surface area contributed by atoms with E-state index in [0.29, 0.717) is 21.6 Å². The van der Waals surface area contributed by atoms with Crippen molar-refractivity contribution in [3.05, 3.63) is 82.2 Å². The largest absolute Gasteiger partial charge is 0.368 e. The van der Waals surface area contributed by atoms with E-state index in [9.17, 15) is 4.79 Å². The maximum atomic E-state index is 12.2. The van der Waals surface area contributed by atoms with Crippen molar-refractivity contribution in [2.45, 2.75) is 6.42 Å². The van der Waals surface area contributed by atoms with Gasteiger partial charge in [0.1, 0.15) is 11.5 Å². The summed E-state index contributed by atoms with van der Waals surface area (Å²) in [5, 5.41) is 6.69. The minimum Gasteiger partial charge on any atom is -0.368 e. The fourth-order valence-corrected chi connectivity index (χ4v) is 2.58. The summed E-state index contributed by atoms with van der Waals surface area (Å²) in [7, 11) is 0. The quantitative estimate of drug-likeness (QED) is 0.644. The van der Waals surface area contributed by atoms with Crippen LogP contribution in [0.1, 0.15) is 16.1 Å². The van der Waals surface area contributed by atoms with E-state index < -0.39 is 0 Å². The van der Waals surface area contributed by atoms with Gasteiger partial charge in [0.2, 0.25) is 0 Å². The van der Waals surface area contributed by atoms with Gasteiger partial charge in [0.15, 0.2) is 0 Å². The van der Waals surface area contributed by atoms with Crippen LogP contribution in [0.2, 0.25) is 10.0 Å². The van der Waals surface area contributed by atoms with Crippen LogP contribution in [0.4, 0.5) is 11.5 Å². The summed E-state index contributed by atoms with van der Waals surface area (Å²) in [4.78, 5) is 20.6. The number of nitrogens with zero attached hydrogens (tertiary/aromatic N) is 2. The number of aromatic nitrogens is 2. The summed E-state index contributed by atoms with van der Waals surface area (Å²) in [6.45, 7) is 0.730. The molecule has 26 heavy (non-hydrogen) atoms. The normalized spacial score (nSPS) is 10.4. The Balaban J connectivity index is 1.54. The molecule has 0 aliphatic rings. The maximum Gasteiger partial charge on any atom is 0.275 e. The maximum absolute atomic E-state index is 12.2. The molecule has 7 heteroatoms. The average molecular weight is 387 g/mol. The second-order valence-corrected chi connectivity index (χ2v) is 6.35. The molecule has 0 aliphatic heterocycles. The number of hydrogen-bond acceptors (Lipinski definition) is 4. The lowest BCUT2D eigenvalue weighted by Crippen LogP contribution is -2.15. The first-order valence-electron chi connectivity index (χ1n) is 7.98. The molecule has 0 saturated carbocycles. The standard InChI is InChI=1S/C19H16Cl2N4O/c20-15-7-6-14(10-16(15)21)25-19(26)17-11-24-18(12-23-17)22-9-8-13-4-2-1-3-5-13/h1-7,10-12H,8-9H2,(H,22,24)(H,25,26). The van der Waals surface area contributed by atoms with Crippen molar-refractivity contribution in [3.8, 4) is 0 Å². The predicted molar refractivity (Wildman–Crippen MR) is 105 cm³/mol. The molecule has 2 aromatic carbocycles. The van der Waals surface area contributed by atoms with Gasteiger partial charge in [-0.15, -0.1) is 0 Å². The molecule has 5 nitrogen and oxygen atoms in total. The van der Waals surface area contributed by atoms with Crippen molar-refractivity contribution in [3.63, 3.8) is 0 Å². The molecular weight excluding hydrogens is 371 g/mol. The van der Waals surface area contributed by atoms with Gasteiger partial charge in [0.05, 0.1) is 22.4 Å². The van der Waals surface area contributed by atoms with Gasteiger partial charge in [-0.05, 0) is 30.2 Å². The van der Waals surface area contributed by atoms with E-state index in [4.69, 9.17) is 23.2 Å². The number of carbonyl (C=O) groups excluding carboxylic acids is 1. The Morgan fingerprint density at radius 2 is 1.77 bits per heavy atom. The summed E-state index contributed by atoms with van der Waals surface area (Å²) < 4.78 is 0. The predicted octanol–water partition coefficient (Wildman–Crippen LogP) is 4.69. The molecule has 1 aromatic heterocycles. The summed E-state index contributed by atoms with van der Waals surface area (Å²) in [6.07, 6.45) is 3.84. The smallest absolute Gasteiger partial charge is 0.275 e. The van der Waals surface area contributed by atoms with Crippen LogP contribution in [0.15, 0.2) is 60.9 Å². The van der Waals surface area contributed by atoms with E-state index in [-0.39, 0.29) is 11.6 Å². The molecule has 1 heterocycles. The second-order valence-electron chi connectivity index (χ2n) is 5.53. The molecule has 0 saturated heterocycles. The zero-order valence-corrected chi connectivity index (χ0v) is 15.3. The minimum atomic E-state index is -0.369. The molecule has 0 unspecified atom stereocenters. The van der Waals surface area contributed by atoms with Crippen molar-refractivity contribution in [1.82, 2.24) is 9.97 Å². The van der Waals surface area contributed by atoms with Gasteiger partial charge < -0.3 is 10.6 Å². The number of nitrogens with one attached hydrogen (secondary N) is 2. The third kappa shape index (κ3) is 4.94. The Hall–Kier alpha value is -2.63. The highest BCUT2D eigenvalue weighted by Crippen LogP contribution is 2.25. The number of anilines is 2. The van der Waals surface area contributed by atoms with E-state index in [2.05, 4.69) is 32.7 Å². The highest BCUT2D eigenvalue weighted by molar-refractivity contribution is 6.42. The molecular formula is C19H16Cl2N4O. The Kier molecular flexibility index (Phi) is 6.04. The molecule has 3 aromatic rings. The highest BCUT2D eigenvalue weighted by Gasteiger charge is 2.09. The number of rotatable bonds is 6. The molecule has 0 fully saturated rings. The zero-order valence-electron chi connectivity index (χ0n) is 13.7. The van der Waals surface area contributed by atoms with Crippen molar-refractivity contribution in [2.75, 3.05) is 17.2 Å². The SMILES string of the molecule is O=C(Nc1ccc(Cl)c(Cl)c1)c1cnc(NCCc2ccccc2)cn1. The third-order valence-corrected chi connectivity index (χ3v) is 4.36. The number of amides is 1. The molecule has 1 amide bonds. The second kappa shape index (κ2) is 8.65. The highest BCUT2D eigenvalue weighted by atomic mass is 35.5. The summed E-state index contributed by atoms with van der Waals surface area (Å²) >= 11 is 11.8. The van der Waals surface area contributed by atoms with Crippen LogP contribution in [0.5, 0.6) is 0 Å². The molecule has 0 aliphatic carbocycles. The lowest BCUT2D eigenvalue weighted by Gasteiger charge is -2.07. The third-order valence-electron chi connectivity index (χ3n) is 3.62. The van der Waals surface area contributed by atoms with Gasteiger partial charge in [-0.1, -0.05) is 53.5 Å². The first-order chi connectivity index (χ1) is 12.6. The van der Waals surface area contributed by atoms with Crippen molar-refractivity contribution < 1.29 is 4.79 Å². The molecule has 0 spiro atoms. The van der Waals surface area contributed by atoms with Gasteiger partial charge in [0, 0.05) is 12.2 Å². The topological polar surface area (TPSA) is 66.9 Å². The van der Waals surface area contributed by atoms with Crippen molar-refractivity contribution in [1.29, 1.82) is 0 Å². The number of carbonyl (C=O) groups is 1. The summed E-state index contributed by atoms with van der Waals surface area (Å²) in [5.41, 5.74) is 1.99. The van der Waals surface area contributed by atoms with E-state index in [1.807, 2.05) is 18.2 Å². The molecule has 2 N–H and O–H groups in total. The monoisotopic (exact) mass is 386 g/mol. The van der Waals surface area contributed by atoms with Gasteiger partial charge in [-0.2, -0.15) is 0 Å². The lowest BCUT2D eigenvalue weighted by atomic mass is 10.1. The van der Waals surface area contributed by atoms with E-state index >= 15 is 0 Å².